The Bertz CT molecular complexity index is 590. The van der Waals surface area contributed by atoms with Gasteiger partial charge in [0.05, 0.1) is 4.92 Å². The van der Waals surface area contributed by atoms with Crippen molar-refractivity contribution in [2.75, 3.05) is 18.0 Å². The molecule has 0 saturated heterocycles. The first-order valence-electron chi connectivity index (χ1n) is 6.17. The highest BCUT2D eigenvalue weighted by Gasteiger charge is 2.30. The van der Waals surface area contributed by atoms with Crippen LogP contribution in [0, 0.1) is 27.4 Å². The van der Waals surface area contributed by atoms with Crippen molar-refractivity contribution in [1.82, 2.24) is 0 Å². The van der Waals surface area contributed by atoms with E-state index in [1.165, 1.54) is 23.1 Å². The van der Waals surface area contributed by atoms with Gasteiger partial charge >= 0.3 is 11.7 Å². The van der Waals surface area contributed by atoms with Gasteiger partial charge in [-0.1, -0.05) is 6.07 Å². The lowest BCUT2D eigenvalue weighted by Gasteiger charge is -2.22. The van der Waals surface area contributed by atoms with E-state index in [1.54, 1.807) is 6.07 Å². The summed E-state index contributed by atoms with van der Waals surface area (Å²) in [5.41, 5.74) is -0.182. The maximum atomic E-state index is 11.2. The molecular weight excluding hydrogens is 262 g/mol. The van der Waals surface area contributed by atoms with E-state index in [2.05, 4.69) is 0 Å². The van der Waals surface area contributed by atoms with Gasteiger partial charge in [0.2, 0.25) is 0 Å². The zero-order valence-corrected chi connectivity index (χ0v) is 10.7. The van der Waals surface area contributed by atoms with Gasteiger partial charge < -0.3 is 10.0 Å². The van der Waals surface area contributed by atoms with Crippen LogP contribution in [-0.2, 0) is 4.79 Å². The Hall–Kier alpha value is -2.62. The number of nitriles is 1. The molecule has 0 heterocycles. The second-order valence-electron chi connectivity index (χ2n) is 4.76. The molecule has 1 aliphatic rings. The fourth-order valence-corrected chi connectivity index (χ4v) is 2.09. The van der Waals surface area contributed by atoms with Gasteiger partial charge in [0.1, 0.15) is 23.9 Å². The minimum atomic E-state index is -1.05. The molecule has 0 amide bonds. The number of hydrogen-bond donors (Lipinski definition) is 1. The molecule has 0 atom stereocenters. The molecule has 1 N–H and O–H groups in total. The van der Waals surface area contributed by atoms with Crippen LogP contribution in [0.25, 0.3) is 0 Å². The molecule has 0 unspecified atom stereocenters. The summed E-state index contributed by atoms with van der Waals surface area (Å²) in [4.78, 5) is 23.0. The molecule has 1 aromatic rings. The van der Waals surface area contributed by atoms with Crippen LogP contribution in [0.15, 0.2) is 18.2 Å². The molecule has 1 aliphatic carbocycles. The maximum Gasteiger partial charge on any atom is 0.323 e. The van der Waals surface area contributed by atoms with Crippen LogP contribution in [0.1, 0.15) is 18.4 Å². The van der Waals surface area contributed by atoms with Crippen molar-refractivity contribution in [1.29, 1.82) is 5.26 Å². The van der Waals surface area contributed by atoms with E-state index in [-0.39, 0.29) is 23.5 Å². The van der Waals surface area contributed by atoms with Gasteiger partial charge in [-0.3, -0.25) is 14.9 Å². The van der Waals surface area contributed by atoms with Gasteiger partial charge in [0, 0.05) is 6.54 Å². The first kappa shape index (κ1) is 13.8. The third-order valence-electron chi connectivity index (χ3n) is 3.16. The number of carboxylic acids is 1. The average molecular weight is 275 g/mol. The lowest BCUT2D eigenvalue weighted by molar-refractivity contribution is -0.384. The molecule has 0 bridgehead atoms. The summed E-state index contributed by atoms with van der Waals surface area (Å²) in [6.07, 6.45) is 2.00. The first-order chi connectivity index (χ1) is 9.52. The monoisotopic (exact) mass is 275 g/mol. The Kier molecular flexibility index (Phi) is 3.84. The number of para-hydroxylation sites is 1. The van der Waals surface area contributed by atoms with Crippen LogP contribution in [0.4, 0.5) is 11.4 Å². The van der Waals surface area contributed by atoms with Crippen molar-refractivity contribution < 1.29 is 14.8 Å². The highest BCUT2D eigenvalue weighted by molar-refractivity contribution is 5.78. The van der Waals surface area contributed by atoms with E-state index in [4.69, 9.17) is 10.4 Å². The van der Waals surface area contributed by atoms with Gasteiger partial charge in [0.25, 0.3) is 0 Å². The summed E-state index contributed by atoms with van der Waals surface area (Å²) in [6, 6.07) is 6.16. The minimum absolute atomic E-state index is 0.0568. The van der Waals surface area contributed by atoms with Crippen LogP contribution in [-0.4, -0.2) is 29.1 Å². The molecule has 0 radical (unpaired) electrons. The van der Waals surface area contributed by atoms with Crippen molar-refractivity contribution in [3.63, 3.8) is 0 Å². The molecule has 7 heteroatoms. The number of hydrogen-bond acceptors (Lipinski definition) is 5. The Labute approximate surface area is 115 Å². The zero-order valence-electron chi connectivity index (χ0n) is 10.7. The second-order valence-corrected chi connectivity index (χ2v) is 4.76. The normalized spacial score (nSPS) is 13.6. The smallest absolute Gasteiger partial charge is 0.323 e. The largest absolute Gasteiger partial charge is 0.480 e. The lowest BCUT2D eigenvalue weighted by atomic mass is 10.1. The fraction of sp³-hybridized carbons (Fsp3) is 0.385. The third kappa shape index (κ3) is 3.03. The highest BCUT2D eigenvalue weighted by Crippen LogP contribution is 2.36. The summed E-state index contributed by atoms with van der Waals surface area (Å²) in [7, 11) is 0. The van der Waals surface area contributed by atoms with Crippen molar-refractivity contribution in [2.24, 2.45) is 5.92 Å². The summed E-state index contributed by atoms with van der Waals surface area (Å²) >= 11 is 0. The Balaban J connectivity index is 2.43. The number of nitro benzene ring substituents is 1. The van der Waals surface area contributed by atoms with E-state index in [1.807, 2.05) is 0 Å². The van der Waals surface area contributed by atoms with Gasteiger partial charge in [-0.2, -0.15) is 5.26 Å². The summed E-state index contributed by atoms with van der Waals surface area (Å²) in [6.45, 7) is 0.147. The van der Waals surface area contributed by atoms with Gasteiger partial charge in [-0.15, -0.1) is 0 Å². The topological polar surface area (TPSA) is 107 Å². The molecule has 1 aromatic carbocycles. The van der Waals surface area contributed by atoms with E-state index in [0.717, 1.165) is 12.8 Å². The number of carboxylic acid groups (broad SMARTS) is 1. The molecule has 2 rings (SSSR count). The van der Waals surface area contributed by atoms with Gasteiger partial charge in [0.15, 0.2) is 0 Å². The molecular formula is C13H13N3O4. The summed E-state index contributed by atoms with van der Waals surface area (Å²) in [5, 5.41) is 29.1. The molecule has 20 heavy (non-hydrogen) atoms. The van der Waals surface area contributed by atoms with Crippen molar-refractivity contribution in [3.05, 3.63) is 33.9 Å². The Morgan fingerprint density at radius 1 is 1.55 bits per heavy atom. The number of carbonyl (C=O) groups is 1. The standard InChI is InChI=1S/C13H13N3O4/c14-6-10-2-1-3-11(13(10)16(19)20)15(8-12(17)18)7-9-4-5-9/h1-3,9H,4-5,7-8H2,(H,17,18). The highest BCUT2D eigenvalue weighted by atomic mass is 16.6. The van der Waals surface area contributed by atoms with Crippen LogP contribution < -0.4 is 4.90 Å². The SMILES string of the molecule is N#Cc1cccc(N(CC(=O)O)CC2CC2)c1[N+](=O)[O-]. The first-order valence-corrected chi connectivity index (χ1v) is 6.17. The van der Waals surface area contributed by atoms with Crippen molar-refractivity contribution in [2.45, 2.75) is 12.8 Å². The third-order valence-corrected chi connectivity index (χ3v) is 3.16. The molecule has 7 nitrogen and oxygen atoms in total. The summed E-state index contributed by atoms with van der Waals surface area (Å²) < 4.78 is 0. The average Bonchev–Trinajstić information content (AvgIpc) is 3.20. The molecule has 1 saturated carbocycles. The fourth-order valence-electron chi connectivity index (χ4n) is 2.09. The Morgan fingerprint density at radius 3 is 2.75 bits per heavy atom. The lowest BCUT2D eigenvalue weighted by Crippen LogP contribution is -2.32. The van der Waals surface area contributed by atoms with Gasteiger partial charge in [-0.05, 0) is 30.9 Å². The number of benzene rings is 1. The maximum absolute atomic E-state index is 11.2. The zero-order chi connectivity index (χ0) is 14.7. The molecule has 0 aromatic heterocycles. The van der Waals surface area contributed by atoms with E-state index >= 15 is 0 Å². The van der Waals surface area contributed by atoms with Crippen LogP contribution >= 0.6 is 0 Å². The van der Waals surface area contributed by atoms with E-state index in [0.29, 0.717) is 12.5 Å². The molecule has 0 spiro atoms. The van der Waals surface area contributed by atoms with Crippen molar-refractivity contribution >= 4 is 17.3 Å². The number of rotatable bonds is 6. The Morgan fingerprint density at radius 2 is 2.25 bits per heavy atom. The van der Waals surface area contributed by atoms with Crippen molar-refractivity contribution in [3.8, 4) is 6.07 Å². The predicted molar refractivity (Wildman–Crippen MR) is 70.4 cm³/mol. The van der Waals surface area contributed by atoms with Crippen LogP contribution in [0.5, 0.6) is 0 Å². The van der Waals surface area contributed by atoms with E-state index in [9.17, 15) is 14.9 Å². The number of nitrogens with zero attached hydrogens (tertiary/aromatic N) is 3. The summed E-state index contributed by atoms with van der Waals surface area (Å²) in [5.74, 6) is -0.679. The molecule has 1 fully saturated rings. The van der Waals surface area contributed by atoms with Crippen LogP contribution in [0.3, 0.4) is 0 Å². The number of anilines is 1. The quantitative estimate of drug-likeness (QED) is 0.626. The predicted octanol–water partition coefficient (Wildman–Crippen LogP) is 1.77. The molecule has 104 valence electrons. The van der Waals surface area contributed by atoms with Crippen LogP contribution in [0.2, 0.25) is 0 Å². The second kappa shape index (κ2) is 5.57. The van der Waals surface area contributed by atoms with Gasteiger partial charge in [-0.25, -0.2) is 0 Å². The number of aliphatic carboxylic acids is 1. The minimum Gasteiger partial charge on any atom is -0.480 e. The molecule has 0 aliphatic heterocycles. The van der Waals surface area contributed by atoms with E-state index < -0.39 is 10.9 Å². The number of nitro groups is 1.